The van der Waals surface area contributed by atoms with Gasteiger partial charge in [-0.2, -0.15) is 5.10 Å². The van der Waals surface area contributed by atoms with Crippen LogP contribution in [0.25, 0.3) is 11.1 Å². The summed E-state index contributed by atoms with van der Waals surface area (Å²) < 4.78 is 0. The SMILES string of the molecule is Cc1[nH]nc(NC(C)(C)C)c1-c1ccc(Cl)cc1. The average molecular weight is 264 g/mol. The molecule has 0 spiro atoms. The summed E-state index contributed by atoms with van der Waals surface area (Å²) in [6, 6.07) is 7.80. The third kappa shape index (κ3) is 2.85. The van der Waals surface area contributed by atoms with Gasteiger partial charge in [-0.05, 0) is 45.4 Å². The fraction of sp³-hybridized carbons (Fsp3) is 0.357. The van der Waals surface area contributed by atoms with E-state index in [9.17, 15) is 0 Å². The van der Waals surface area contributed by atoms with Gasteiger partial charge in [-0.1, -0.05) is 23.7 Å². The van der Waals surface area contributed by atoms with Crippen LogP contribution in [0.1, 0.15) is 26.5 Å². The molecule has 0 unspecified atom stereocenters. The van der Waals surface area contributed by atoms with Crippen molar-refractivity contribution in [2.24, 2.45) is 0 Å². The zero-order valence-corrected chi connectivity index (χ0v) is 11.9. The minimum absolute atomic E-state index is 0.0250. The minimum Gasteiger partial charge on any atom is -0.363 e. The molecule has 0 amide bonds. The molecule has 96 valence electrons. The van der Waals surface area contributed by atoms with E-state index in [4.69, 9.17) is 11.6 Å². The Labute approximate surface area is 113 Å². The highest BCUT2D eigenvalue weighted by Crippen LogP contribution is 2.31. The largest absolute Gasteiger partial charge is 0.363 e. The Morgan fingerprint density at radius 1 is 1.17 bits per heavy atom. The Kier molecular flexibility index (Phi) is 3.35. The van der Waals surface area contributed by atoms with Crippen molar-refractivity contribution in [2.45, 2.75) is 33.2 Å². The van der Waals surface area contributed by atoms with Crippen LogP contribution in [0.3, 0.4) is 0 Å². The van der Waals surface area contributed by atoms with Gasteiger partial charge < -0.3 is 5.32 Å². The summed E-state index contributed by atoms with van der Waals surface area (Å²) in [7, 11) is 0. The number of H-pyrrole nitrogens is 1. The van der Waals surface area contributed by atoms with Crippen LogP contribution in [-0.4, -0.2) is 15.7 Å². The van der Waals surface area contributed by atoms with Crippen LogP contribution < -0.4 is 5.32 Å². The van der Waals surface area contributed by atoms with Gasteiger partial charge >= 0.3 is 0 Å². The van der Waals surface area contributed by atoms with Gasteiger partial charge in [-0.3, -0.25) is 5.10 Å². The fourth-order valence-corrected chi connectivity index (χ4v) is 1.97. The number of nitrogens with zero attached hydrogens (tertiary/aromatic N) is 1. The molecular weight excluding hydrogens is 246 g/mol. The van der Waals surface area contributed by atoms with Crippen molar-refractivity contribution < 1.29 is 0 Å². The molecule has 0 bridgehead atoms. The minimum atomic E-state index is -0.0250. The molecule has 0 radical (unpaired) electrons. The molecule has 18 heavy (non-hydrogen) atoms. The Bertz CT molecular complexity index is 535. The van der Waals surface area contributed by atoms with E-state index in [1.54, 1.807) is 0 Å². The first-order chi connectivity index (χ1) is 8.37. The highest BCUT2D eigenvalue weighted by atomic mass is 35.5. The number of benzene rings is 1. The summed E-state index contributed by atoms with van der Waals surface area (Å²) in [5.74, 6) is 0.877. The van der Waals surface area contributed by atoms with E-state index in [-0.39, 0.29) is 5.54 Å². The van der Waals surface area contributed by atoms with Crippen LogP contribution in [0.4, 0.5) is 5.82 Å². The number of nitrogens with one attached hydrogen (secondary N) is 2. The Morgan fingerprint density at radius 2 is 1.78 bits per heavy atom. The Morgan fingerprint density at radius 3 is 2.33 bits per heavy atom. The second-order valence-electron chi connectivity index (χ2n) is 5.45. The summed E-state index contributed by atoms with van der Waals surface area (Å²) >= 11 is 5.92. The quantitative estimate of drug-likeness (QED) is 0.850. The van der Waals surface area contributed by atoms with Crippen LogP contribution in [0.15, 0.2) is 24.3 Å². The van der Waals surface area contributed by atoms with Crippen molar-refractivity contribution in [3.8, 4) is 11.1 Å². The van der Waals surface area contributed by atoms with E-state index < -0.39 is 0 Å². The molecule has 4 heteroatoms. The maximum atomic E-state index is 5.92. The van der Waals surface area contributed by atoms with Gasteiger partial charge in [0.1, 0.15) is 0 Å². The van der Waals surface area contributed by atoms with E-state index in [0.717, 1.165) is 27.7 Å². The van der Waals surface area contributed by atoms with Crippen molar-refractivity contribution in [1.82, 2.24) is 10.2 Å². The monoisotopic (exact) mass is 263 g/mol. The summed E-state index contributed by atoms with van der Waals surface area (Å²) in [5.41, 5.74) is 3.23. The lowest BCUT2D eigenvalue weighted by Crippen LogP contribution is -2.26. The van der Waals surface area contributed by atoms with E-state index in [0.29, 0.717) is 0 Å². The Balaban J connectivity index is 2.43. The molecule has 2 aromatic rings. The predicted octanol–water partition coefficient (Wildman–Crippen LogP) is 4.25. The summed E-state index contributed by atoms with van der Waals surface area (Å²) in [6.45, 7) is 8.36. The summed E-state index contributed by atoms with van der Waals surface area (Å²) in [5, 5.41) is 11.5. The zero-order chi connectivity index (χ0) is 13.3. The van der Waals surface area contributed by atoms with Crippen molar-refractivity contribution in [3.63, 3.8) is 0 Å². The van der Waals surface area contributed by atoms with E-state index in [1.807, 2.05) is 31.2 Å². The van der Waals surface area contributed by atoms with Crippen molar-refractivity contribution >= 4 is 17.4 Å². The Hall–Kier alpha value is -1.48. The standard InChI is InChI=1S/C14H18ClN3/c1-9-12(10-5-7-11(15)8-6-10)13(18-17-9)16-14(2,3)4/h5-8H,1-4H3,(H2,16,17,18). The lowest BCUT2D eigenvalue weighted by molar-refractivity contribution is 0.630. The number of anilines is 1. The maximum Gasteiger partial charge on any atom is 0.156 e. The molecule has 0 fully saturated rings. The lowest BCUT2D eigenvalue weighted by atomic mass is 10.0. The molecule has 0 atom stereocenters. The fourth-order valence-electron chi connectivity index (χ4n) is 1.84. The molecule has 1 aromatic carbocycles. The maximum absolute atomic E-state index is 5.92. The van der Waals surface area contributed by atoms with Gasteiger partial charge in [0.2, 0.25) is 0 Å². The molecule has 0 aliphatic heterocycles. The summed E-state index contributed by atoms with van der Waals surface area (Å²) in [4.78, 5) is 0. The smallest absolute Gasteiger partial charge is 0.156 e. The summed E-state index contributed by atoms with van der Waals surface area (Å²) in [6.07, 6.45) is 0. The number of aryl methyl sites for hydroxylation is 1. The van der Waals surface area contributed by atoms with Gasteiger partial charge in [0.05, 0.1) is 0 Å². The number of aromatic amines is 1. The molecule has 2 N–H and O–H groups in total. The van der Waals surface area contributed by atoms with Crippen LogP contribution in [0.2, 0.25) is 5.02 Å². The van der Waals surface area contributed by atoms with Crippen LogP contribution in [0, 0.1) is 6.92 Å². The van der Waals surface area contributed by atoms with Crippen LogP contribution >= 0.6 is 11.6 Å². The second-order valence-corrected chi connectivity index (χ2v) is 5.89. The third-order valence-electron chi connectivity index (χ3n) is 2.57. The molecule has 0 aliphatic carbocycles. The molecule has 1 aromatic heterocycles. The highest BCUT2D eigenvalue weighted by Gasteiger charge is 2.17. The molecule has 3 nitrogen and oxygen atoms in total. The van der Waals surface area contributed by atoms with Crippen LogP contribution in [0.5, 0.6) is 0 Å². The van der Waals surface area contributed by atoms with Crippen molar-refractivity contribution in [2.75, 3.05) is 5.32 Å². The molecule has 0 aliphatic rings. The molecular formula is C14H18ClN3. The van der Waals surface area contributed by atoms with Gasteiger partial charge in [0.15, 0.2) is 5.82 Å². The number of hydrogen-bond acceptors (Lipinski definition) is 2. The van der Waals surface area contributed by atoms with Crippen molar-refractivity contribution in [3.05, 3.63) is 35.0 Å². The molecule has 0 saturated carbocycles. The zero-order valence-electron chi connectivity index (χ0n) is 11.1. The number of aromatic nitrogens is 2. The average Bonchev–Trinajstić information content (AvgIpc) is 2.59. The van der Waals surface area contributed by atoms with Gasteiger partial charge in [-0.25, -0.2) is 0 Å². The normalized spacial score (nSPS) is 11.6. The lowest BCUT2D eigenvalue weighted by Gasteiger charge is -2.21. The van der Waals surface area contributed by atoms with Gasteiger partial charge in [0, 0.05) is 21.8 Å². The van der Waals surface area contributed by atoms with Gasteiger partial charge in [-0.15, -0.1) is 0 Å². The van der Waals surface area contributed by atoms with Crippen molar-refractivity contribution in [1.29, 1.82) is 0 Å². The van der Waals surface area contributed by atoms with Crippen LogP contribution in [-0.2, 0) is 0 Å². The molecule has 2 rings (SSSR count). The first kappa shape index (κ1) is 13.0. The first-order valence-electron chi connectivity index (χ1n) is 5.96. The topological polar surface area (TPSA) is 40.7 Å². The predicted molar refractivity (Wildman–Crippen MR) is 77.1 cm³/mol. The van der Waals surface area contributed by atoms with E-state index >= 15 is 0 Å². The first-order valence-corrected chi connectivity index (χ1v) is 6.34. The number of hydrogen-bond donors (Lipinski definition) is 2. The third-order valence-corrected chi connectivity index (χ3v) is 2.83. The molecule has 1 heterocycles. The van der Waals surface area contributed by atoms with E-state index in [2.05, 4.69) is 36.3 Å². The van der Waals surface area contributed by atoms with E-state index in [1.165, 1.54) is 0 Å². The molecule has 0 saturated heterocycles. The number of rotatable bonds is 2. The highest BCUT2D eigenvalue weighted by molar-refractivity contribution is 6.30. The van der Waals surface area contributed by atoms with Gasteiger partial charge in [0.25, 0.3) is 0 Å². The number of halogens is 1. The second kappa shape index (κ2) is 4.65.